The number of carbonyl (C=O) groups is 1. The van der Waals surface area contributed by atoms with Crippen LogP contribution in [0, 0.1) is 0 Å². The van der Waals surface area contributed by atoms with Gasteiger partial charge in [-0.15, -0.1) is 0 Å². The van der Waals surface area contributed by atoms with Gasteiger partial charge in [-0.05, 0) is 0 Å². The van der Waals surface area contributed by atoms with Gasteiger partial charge in [0.25, 0.3) is 0 Å². The van der Waals surface area contributed by atoms with Crippen molar-refractivity contribution in [1.82, 2.24) is 5.32 Å². The van der Waals surface area contributed by atoms with Gasteiger partial charge in [0, 0.05) is 0 Å². The summed E-state index contributed by atoms with van der Waals surface area (Å²) in [6.45, 7) is 1.33. The maximum atomic E-state index is 13.7. The molecule has 0 heterocycles. The van der Waals surface area contributed by atoms with Crippen LogP contribution in [-0.4, -0.2) is 38.7 Å². The molecule has 0 bridgehead atoms. The number of benzene rings is 1. The van der Waals surface area contributed by atoms with Crippen LogP contribution >= 0.6 is 0 Å². The van der Waals surface area contributed by atoms with Crippen LogP contribution in [0.3, 0.4) is 0 Å². The van der Waals surface area contributed by atoms with Gasteiger partial charge >= 0.3 is 106 Å². The van der Waals surface area contributed by atoms with Gasteiger partial charge in [0.2, 0.25) is 0 Å². The quantitative estimate of drug-likeness (QED) is 0.800. The topological polar surface area (TPSA) is 29.1 Å². The fraction of sp³-hybridized carbons (Fsp3) is 0.417. The first kappa shape index (κ1) is 14.3. The summed E-state index contributed by atoms with van der Waals surface area (Å²) in [5, 5.41) is 2.62. The monoisotopic (exact) mass is 307 g/mol. The van der Waals surface area contributed by atoms with Gasteiger partial charge in [0.05, 0.1) is 0 Å². The van der Waals surface area contributed by atoms with Gasteiger partial charge in [0.1, 0.15) is 0 Å². The molecule has 0 aliphatic carbocycles. The molecule has 1 atom stereocenters. The average molecular weight is 306 g/mol. The van der Waals surface area contributed by atoms with Crippen molar-refractivity contribution in [3.8, 4) is 0 Å². The predicted molar refractivity (Wildman–Crippen MR) is 64.9 cm³/mol. The van der Waals surface area contributed by atoms with E-state index in [0.29, 0.717) is 4.46 Å². The second-order valence-electron chi connectivity index (χ2n) is 3.71. The van der Waals surface area contributed by atoms with Gasteiger partial charge in [-0.25, -0.2) is 0 Å². The van der Waals surface area contributed by atoms with Gasteiger partial charge in [0.15, 0.2) is 0 Å². The van der Waals surface area contributed by atoms with Crippen molar-refractivity contribution < 1.29 is 13.6 Å². The van der Waals surface area contributed by atoms with Gasteiger partial charge < -0.3 is 0 Å². The summed E-state index contributed by atoms with van der Waals surface area (Å²) in [6, 6.07) is 7.90. The molecule has 2 nitrogen and oxygen atoms in total. The van der Waals surface area contributed by atoms with Crippen molar-refractivity contribution in [2.24, 2.45) is 0 Å². The first-order valence-electron chi connectivity index (χ1n) is 5.24. The SMILES string of the molecule is CNC(CC(F)(F)[Se]c1ccccc1)C(C)=O. The summed E-state index contributed by atoms with van der Waals surface area (Å²) in [7, 11) is 1.53. The number of nitrogens with one attached hydrogen (secondary N) is 1. The van der Waals surface area contributed by atoms with Crippen LogP contribution in [-0.2, 0) is 4.79 Å². The summed E-state index contributed by atoms with van der Waals surface area (Å²) in [5.41, 5.74) is 0. The number of hydrogen-bond donors (Lipinski definition) is 1. The van der Waals surface area contributed by atoms with Crippen LogP contribution in [0.4, 0.5) is 8.78 Å². The Kier molecular flexibility index (Phi) is 5.25. The zero-order chi connectivity index (χ0) is 12.9. The van der Waals surface area contributed by atoms with Gasteiger partial charge in [-0.1, -0.05) is 0 Å². The van der Waals surface area contributed by atoms with Crippen molar-refractivity contribution in [2.45, 2.75) is 24.2 Å². The molecule has 0 aromatic heterocycles. The Bertz CT molecular complexity index is 370. The summed E-state index contributed by atoms with van der Waals surface area (Å²) in [6.07, 6.45) is -0.437. The van der Waals surface area contributed by atoms with E-state index in [1.807, 2.05) is 0 Å². The third kappa shape index (κ3) is 4.94. The molecule has 0 radical (unpaired) electrons. The van der Waals surface area contributed by atoms with Crippen LogP contribution in [0.2, 0.25) is 0 Å². The molecule has 1 N–H and O–H groups in total. The minimum atomic E-state index is -2.81. The van der Waals surface area contributed by atoms with E-state index in [1.165, 1.54) is 14.0 Å². The van der Waals surface area contributed by atoms with E-state index in [0.717, 1.165) is 0 Å². The normalized spacial score (nSPS) is 13.4. The molecule has 0 saturated carbocycles. The van der Waals surface area contributed by atoms with Crippen LogP contribution < -0.4 is 9.78 Å². The Morgan fingerprint density at radius 2 is 2.00 bits per heavy atom. The summed E-state index contributed by atoms with van der Waals surface area (Å²) >= 11 is -0.946. The van der Waals surface area contributed by atoms with Crippen LogP contribution in [0.5, 0.6) is 0 Å². The molecule has 1 rings (SSSR count). The number of likely N-dealkylation sites (N-methyl/N-ethyl adjacent to an activating group) is 1. The summed E-state index contributed by atoms with van der Waals surface area (Å²) in [4.78, 5) is 8.30. The van der Waals surface area contributed by atoms with Crippen molar-refractivity contribution in [3.63, 3.8) is 0 Å². The molecular formula is C12H15F2NOSe. The third-order valence-electron chi connectivity index (χ3n) is 2.29. The van der Waals surface area contributed by atoms with E-state index in [9.17, 15) is 13.6 Å². The molecule has 0 aliphatic heterocycles. The second kappa shape index (κ2) is 6.24. The second-order valence-corrected chi connectivity index (χ2v) is 6.38. The number of alkyl halides is 2. The average Bonchev–Trinajstić information content (AvgIpc) is 2.26. The molecule has 0 spiro atoms. The van der Waals surface area contributed by atoms with E-state index < -0.39 is 32.2 Å². The Balaban J connectivity index is 2.65. The Hall–Kier alpha value is -0.771. The number of hydrogen-bond acceptors (Lipinski definition) is 2. The minimum absolute atomic E-state index is 0.254. The Morgan fingerprint density at radius 3 is 2.47 bits per heavy atom. The molecule has 0 fully saturated rings. The molecule has 17 heavy (non-hydrogen) atoms. The third-order valence-corrected chi connectivity index (χ3v) is 4.33. The van der Waals surface area contributed by atoms with E-state index >= 15 is 0 Å². The van der Waals surface area contributed by atoms with Crippen molar-refractivity contribution in [1.29, 1.82) is 0 Å². The molecule has 5 heteroatoms. The standard InChI is InChI=1S/C12H15F2NOSe/c1-9(16)11(15-2)8-12(13,14)17-10-6-4-3-5-7-10/h3-7,11,15H,8H2,1-2H3. The zero-order valence-electron chi connectivity index (χ0n) is 9.74. The maximum absolute atomic E-state index is 13.7. The van der Waals surface area contributed by atoms with Crippen molar-refractivity contribution in [2.75, 3.05) is 7.05 Å². The Labute approximate surface area is 106 Å². The fourth-order valence-corrected chi connectivity index (χ4v) is 3.25. The first-order valence-corrected chi connectivity index (χ1v) is 6.95. The first-order chi connectivity index (χ1) is 7.94. The molecule has 0 amide bonds. The summed E-state index contributed by atoms with van der Waals surface area (Å²) in [5.74, 6) is -0.254. The molecule has 1 unspecified atom stereocenters. The number of Topliss-reactive ketones (excluding diaryl/α,β-unsaturated/α-hetero) is 1. The van der Waals surface area contributed by atoms with Crippen molar-refractivity contribution in [3.05, 3.63) is 30.3 Å². The Morgan fingerprint density at radius 1 is 1.41 bits per heavy atom. The van der Waals surface area contributed by atoms with E-state index in [4.69, 9.17) is 0 Å². The number of rotatable bonds is 6. The predicted octanol–water partition coefficient (Wildman–Crippen LogP) is 1.18. The molecule has 94 valence electrons. The number of ketones is 1. The van der Waals surface area contributed by atoms with Crippen LogP contribution in [0.25, 0.3) is 0 Å². The fourth-order valence-electron chi connectivity index (χ4n) is 1.39. The molecule has 0 aliphatic rings. The van der Waals surface area contributed by atoms with Crippen LogP contribution in [0.15, 0.2) is 30.3 Å². The molecule has 1 aromatic rings. The van der Waals surface area contributed by atoms with Gasteiger partial charge in [-0.3, -0.25) is 0 Å². The van der Waals surface area contributed by atoms with E-state index in [2.05, 4.69) is 5.32 Å². The van der Waals surface area contributed by atoms with Crippen LogP contribution in [0.1, 0.15) is 13.3 Å². The molecule has 0 saturated heterocycles. The van der Waals surface area contributed by atoms with E-state index in [1.54, 1.807) is 30.3 Å². The van der Waals surface area contributed by atoms with Crippen molar-refractivity contribution >= 4 is 25.2 Å². The van der Waals surface area contributed by atoms with Gasteiger partial charge in [-0.2, -0.15) is 0 Å². The zero-order valence-corrected chi connectivity index (χ0v) is 11.5. The summed E-state index contributed by atoms with van der Waals surface area (Å²) < 4.78 is 28.1. The van der Waals surface area contributed by atoms with E-state index in [-0.39, 0.29) is 5.78 Å². The number of carbonyl (C=O) groups excluding carboxylic acids is 1. The molecule has 1 aromatic carbocycles. The molecular weight excluding hydrogens is 291 g/mol. The number of halogens is 2.